The average molecular weight is 458 g/mol. The molecular formula is C24H43NO5S. The van der Waals surface area contributed by atoms with E-state index < -0.39 is 0 Å². The van der Waals surface area contributed by atoms with Crippen LogP contribution >= 0.6 is 11.3 Å². The second-order valence-electron chi connectivity index (χ2n) is 7.63. The van der Waals surface area contributed by atoms with Crippen LogP contribution in [0.5, 0.6) is 0 Å². The zero-order valence-corrected chi connectivity index (χ0v) is 20.2. The minimum Gasteiger partial charge on any atom is -0.382 e. The summed E-state index contributed by atoms with van der Waals surface area (Å²) in [5, 5.41) is 6.81. The number of thiophene rings is 1. The quantitative estimate of drug-likeness (QED) is 0.232. The Hall–Kier alpha value is -0.990. The SMILES string of the molecule is COCCOCCOCCOCCCCCCCCCCCCNC(=O)c1ccsc1. The molecule has 0 aliphatic heterocycles. The summed E-state index contributed by atoms with van der Waals surface area (Å²) in [6, 6.07) is 1.87. The van der Waals surface area contributed by atoms with Gasteiger partial charge < -0.3 is 24.3 Å². The van der Waals surface area contributed by atoms with Gasteiger partial charge in [-0.2, -0.15) is 11.3 Å². The van der Waals surface area contributed by atoms with Crippen molar-refractivity contribution < 1.29 is 23.7 Å². The van der Waals surface area contributed by atoms with E-state index in [4.69, 9.17) is 18.9 Å². The third kappa shape index (κ3) is 18.3. The zero-order chi connectivity index (χ0) is 22.2. The van der Waals surface area contributed by atoms with Gasteiger partial charge in [-0.1, -0.05) is 51.4 Å². The lowest BCUT2D eigenvalue weighted by Crippen LogP contribution is -2.23. The molecule has 0 bridgehead atoms. The van der Waals surface area contributed by atoms with Crippen LogP contribution in [0.2, 0.25) is 0 Å². The fourth-order valence-corrected chi connectivity index (χ4v) is 3.76. The summed E-state index contributed by atoms with van der Waals surface area (Å²) in [4.78, 5) is 11.8. The van der Waals surface area contributed by atoms with Crippen LogP contribution in [0.3, 0.4) is 0 Å². The number of carbonyl (C=O) groups excluding carboxylic acids is 1. The Labute approximate surface area is 193 Å². The van der Waals surface area contributed by atoms with Gasteiger partial charge >= 0.3 is 0 Å². The van der Waals surface area contributed by atoms with E-state index in [2.05, 4.69) is 5.32 Å². The summed E-state index contributed by atoms with van der Waals surface area (Å²) in [6.07, 6.45) is 12.5. The molecule has 31 heavy (non-hydrogen) atoms. The maximum atomic E-state index is 11.8. The first-order valence-corrected chi connectivity index (χ1v) is 12.8. The van der Waals surface area contributed by atoms with Gasteiger partial charge in [0, 0.05) is 31.2 Å². The lowest BCUT2D eigenvalue weighted by Gasteiger charge is -2.07. The van der Waals surface area contributed by atoms with Crippen LogP contribution in [0.25, 0.3) is 0 Å². The number of hydrogen-bond donors (Lipinski definition) is 1. The number of ether oxygens (including phenoxy) is 4. The third-order valence-electron chi connectivity index (χ3n) is 4.96. The maximum absolute atomic E-state index is 11.8. The van der Waals surface area contributed by atoms with E-state index in [0.717, 1.165) is 31.6 Å². The first-order chi connectivity index (χ1) is 15.3. The van der Waals surface area contributed by atoms with E-state index in [9.17, 15) is 4.79 Å². The Balaban J connectivity index is 1.67. The lowest BCUT2D eigenvalue weighted by atomic mass is 10.1. The van der Waals surface area contributed by atoms with E-state index in [1.807, 2.05) is 16.8 Å². The molecule has 0 atom stereocenters. The van der Waals surface area contributed by atoms with Crippen LogP contribution in [0, 0.1) is 0 Å². The molecule has 1 N–H and O–H groups in total. The highest BCUT2D eigenvalue weighted by molar-refractivity contribution is 7.08. The molecule has 0 unspecified atom stereocenters. The van der Waals surface area contributed by atoms with Gasteiger partial charge in [-0.15, -0.1) is 0 Å². The molecule has 0 aromatic carbocycles. The van der Waals surface area contributed by atoms with Gasteiger partial charge in [-0.05, 0) is 24.3 Å². The Morgan fingerprint density at radius 3 is 1.81 bits per heavy atom. The fraction of sp³-hybridized carbons (Fsp3) is 0.792. The van der Waals surface area contributed by atoms with Crippen LogP contribution < -0.4 is 5.32 Å². The van der Waals surface area contributed by atoms with Crippen LogP contribution in [0.15, 0.2) is 16.8 Å². The molecule has 1 aromatic heterocycles. The highest BCUT2D eigenvalue weighted by Crippen LogP contribution is 2.11. The first kappa shape index (κ1) is 28.0. The van der Waals surface area contributed by atoms with Gasteiger partial charge in [0.25, 0.3) is 5.91 Å². The molecule has 1 aromatic rings. The van der Waals surface area contributed by atoms with Crippen LogP contribution in [0.4, 0.5) is 0 Å². The minimum atomic E-state index is 0.0551. The maximum Gasteiger partial charge on any atom is 0.252 e. The van der Waals surface area contributed by atoms with E-state index in [1.54, 1.807) is 18.4 Å². The molecule has 180 valence electrons. The second-order valence-corrected chi connectivity index (χ2v) is 8.41. The summed E-state index contributed by atoms with van der Waals surface area (Å²) in [5.41, 5.74) is 0.779. The second kappa shape index (κ2) is 22.2. The van der Waals surface area contributed by atoms with Crippen LogP contribution in [0.1, 0.15) is 74.6 Å². The molecule has 0 aliphatic rings. The summed E-state index contributed by atoms with van der Waals surface area (Å²) >= 11 is 1.56. The highest BCUT2D eigenvalue weighted by Gasteiger charge is 2.03. The van der Waals surface area contributed by atoms with Gasteiger partial charge in [0.2, 0.25) is 0 Å². The van der Waals surface area contributed by atoms with E-state index in [0.29, 0.717) is 39.6 Å². The van der Waals surface area contributed by atoms with E-state index in [1.165, 1.54) is 51.4 Å². The van der Waals surface area contributed by atoms with Gasteiger partial charge in [0.1, 0.15) is 0 Å². The third-order valence-corrected chi connectivity index (χ3v) is 5.64. The predicted molar refractivity (Wildman–Crippen MR) is 127 cm³/mol. The van der Waals surface area contributed by atoms with Crippen molar-refractivity contribution in [2.24, 2.45) is 0 Å². The van der Waals surface area contributed by atoms with E-state index in [-0.39, 0.29) is 5.91 Å². The molecule has 1 amide bonds. The largest absolute Gasteiger partial charge is 0.382 e. The topological polar surface area (TPSA) is 66.0 Å². The van der Waals surface area contributed by atoms with Crippen LogP contribution in [-0.2, 0) is 18.9 Å². The summed E-state index contributed by atoms with van der Waals surface area (Å²) < 4.78 is 21.3. The number of unbranched alkanes of at least 4 members (excludes halogenated alkanes) is 9. The summed E-state index contributed by atoms with van der Waals surface area (Å²) in [6.45, 7) is 5.37. The lowest BCUT2D eigenvalue weighted by molar-refractivity contribution is 0.00323. The summed E-state index contributed by atoms with van der Waals surface area (Å²) in [7, 11) is 1.67. The first-order valence-electron chi connectivity index (χ1n) is 11.9. The number of carbonyl (C=O) groups is 1. The summed E-state index contributed by atoms with van der Waals surface area (Å²) in [5.74, 6) is 0.0551. The zero-order valence-electron chi connectivity index (χ0n) is 19.4. The Morgan fingerprint density at radius 1 is 0.742 bits per heavy atom. The number of rotatable bonds is 23. The molecule has 0 aliphatic carbocycles. The Kier molecular flexibility index (Phi) is 20.1. The molecular weight excluding hydrogens is 414 g/mol. The van der Waals surface area contributed by atoms with Crippen molar-refractivity contribution in [2.75, 3.05) is 59.9 Å². The molecule has 6 nitrogen and oxygen atoms in total. The van der Waals surface area contributed by atoms with Crippen molar-refractivity contribution >= 4 is 17.2 Å². The Morgan fingerprint density at radius 2 is 1.26 bits per heavy atom. The molecule has 1 heterocycles. The van der Waals surface area contributed by atoms with Gasteiger partial charge in [-0.3, -0.25) is 4.79 Å². The molecule has 0 radical (unpaired) electrons. The van der Waals surface area contributed by atoms with Gasteiger partial charge in [0.05, 0.1) is 39.6 Å². The number of amides is 1. The van der Waals surface area contributed by atoms with Crippen molar-refractivity contribution in [3.8, 4) is 0 Å². The number of methoxy groups -OCH3 is 1. The van der Waals surface area contributed by atoms with Gasteiger partial charge in [0.15, 0.2) is 0 Å². The molecule has 0 saturated heterocycles. The smallest absolute Gasteiger partial charge is 0.252 e. The van der Waals surface area contributed by atoms with Crippen molar-refractivity contribution in [1.29, 1.82) is 0 Å². The normalized spacial score (nSPS) is 11.1. The van der Waals surface area contributed by atoms with Crippen molar-refractivity contribution in [3.05, 3.63) is 22.4 Å². The molecule has 1 rings (SSSR count). The van der Waals surface area contributed by atoms with Crippen molar-refractivity contribution in [2.45, 2.75) is 64.2 Å². The monoisotopic (exact) mass is 457 g/mol. The van der Waals surface area contributed by atoms with Crippen molar-refractivity contribution in [1.82, 2.24) is 5.32 Å². The number of nitrogens with one attached hydrogen (secondary N) is 1. The minimum absolute atomic E-state index is 0.0551. The molecule has 0 spiro atoms. The molecule has 0 saturated carbocycles. The number of hydrogen-bond acceptors (Lipinski definition) is 6. The molecule has 0 fully saturated rings. The van der Waals surface area contributed by atoms with E-state index >= 15 is 0 Å². The predicted octanol–water partition coefficient (Wildman–Crippen LogP) is 5.08. The van der Waals surface area contributed by atoms with Gasteiger partial charge in [-0.25, -0.2) is 0 Å². The standard InChI is InChI=1S/C24H43NO5S/c1-27-15-16-29-19-20-30-18-17-28-14-11-9-7-5-3-2-4-6-8-10-13-25-24(26)23-12-21-31-22-23/h12,21-22H,2-11,13-20H2,1H3,(H,25,26). The molecule has 7 heteroatoms. The van der Waals surface area contributed by atoms with Crippen LogP contribution in [-0.4, -0.2) is 65.8 Å². The Bertz CT molecular complexity index is 498. The highest BCUT2D eigenvalue weighted by atomic mass is 32.1. The van der Waals surface area contributed by atoms with Crippen molar-refractivity contribution in [3.63, 3.8) is 0 Å². The average Bonchev–Trinajstić information content (AvgIpc) is 3.32. The fourth-order valence-electron chi connectivity index (χ4n) is 3.13.